The van der Waals surface area contributed by atoms with Crippen LogP contribution in [0.1, 0.15) is 450 Å². The van der Waals surface area contributed by atoms with E-state index in [9.17, 15) is 19.0 Å². The maximum absolute atomic E-state index is 12.8. The maximum atomic E-state index is 12.8. The van der Waals surface area contributed by atoms with Crippen LogP contribution in [0.3, 0.4) is 0 Å². The van der Waals surface area contributed by atoms with Crippen LogP contribution >= 0.6 is 7.82 Å². The molecule has 9 nitrogen and oxygen atoms in total. The first-order valence-electron chi connectivity index (χ1n) is 41.5. The molecule has 0 aliphatic heterocycles. The summed E-state index contributed by atoms with van der Waals surface area (Å²) >= 11 is 0. The van der Waals surface area contributed by atoms with Crippen molar-refractivity contribution in [3.63, 3.8) is 0 Å². The Balaban J connectivity index is 3.73. The normalized spacial score (nSPS) is 12.9. The highest BCUT2D eigenvalue weighted by Gasteiger charge is 2.26. The van der Waals surface area contributed by atoms with Gasteiger partial charge in [-0.2, -0.15) is 0 Å². The summed E-state index contributed by atoms with van der Waals surface area (Å²) in [5.74, 6) is -0.799. The minimum absolute atomic E-state index is 0.0569. The lowest BCUT2D eigenvalue weighted by atomic mass is 10.0. The number of phosphoric acid groups is 1. The molecule has 0 radical (unpaired) electrons. The van der Waals surface area contributed by atoms with E-state index in [1.165, 1.54) is 372 Å². The van der Waals surface area contributed by atoms with E-state index in [2.05, 4.69) is 50.3 Å². The van der Waals surface area contributed by atoms with Gasteiger partial charge in [-0.05, 0) is 51.4 Å². The Morgan fingerprint density at radius 3 is 0.828 bits per heavy atom. The van der Waals surface area contributed by atoms with E-state index in [0.717, 1.165) is 44.9 Å². The molecule has 0 saturated carbocycles. The predicted octanol–water partition coefficient (Wildman–Crippen LogP) is 27.8. The zero-order valence-corrected chi connectivity index (χ0v) is 63.2. The molecule has 0 fully saturated rings. The number of ether oxygens (including phenoxy) is 2. The van der Waals surface area contributed by atoms with Crippen LogP contribution in [0.5, 0.6) is 0 Å². The molecule has 550 valence electrons. The van der Waals surface area contributed by atoms with E-state index < -0.39 is 26.5 Å². The Hall–Kier alpha value is -1.77. The van der Waals surface area contributed by atoms with Crippen LogP contribution in [0, 0.1) is 0 Å². The smallest absolute Gasteiger partial charge is 0.462 e. The van der Waals surface area contributed by atoms with Gasteiger partial charge in [-0.3, -0.25) is 18.6 Å². The molecule has 0 saturated heterocycles. The van der Waals surface area contributed by atoms with Gasteiger partial charge >= 0.3 is 19.8 Å². The number of phosphoric ester groups is 1. The number of carbonyl (C=O) groups excluding carboxylic acids is 2. The third-order valence-electron chi connectivity index (χ3n) is 19.0. The van der Waals surface area contributed by atoms with Crippen LogP contribution < -0.4 is 5.73 Å². The lowest BCUT2D eigenvalue weighted by Gasteiger charge is -2.19. The molecule has 10 heteroatoms. The van der Waals surface area contributed by atoms with Gasteiger partial charge in [-0.25, -0.2) is 4.57 Å². The Kier molecular flexibility index (Phi) is 77.7. The van der Waals surface area contributed by atoms with Gasteiger partial charge in [-0.15, -0.1) is 0 Å². The minimum atomic E-state index is -4.39. The number of hydrogen-bond acceptors (Lipinski definition) is 8. The summed E-state index contributed by atoms with van der Waals surface area (Å²) in [6.07, 6.45) is 102. The van der Waals surface area contributed by atoms with E-state index in [-0.39, 0.29) is 38.6 Å². The molecule has 0 aromatic rings. The minimum Gasteiger partial charge on any atom is -0.462 e. The van der Waals surface area contributed by atoms with Gasteiger partial charge in [0.1, 0.15) is 6.61 Å². The fourth-order valence-corrected chi connectivity index (χ4v) is 13.7. The topological polar surface area (TPSA) is 134 Å². The highest BCUT2D eigenvalue weighted by Crippen LogP contribution is 2.43. The van der Waals surface area contributed by atoms with E-state index in [4.69, 9.17) is 24.3 Å². The second-order valence-corrected chi connectivity index (χ2v) is 29.8. The highest BCUT2D eigenvalue weighted by molar-refractivity contribution is 7.47. The van der Waals surface area contributed by atoms with Gasteiger partial charge in [0.2, 0.25) is 0 Å². The number of hydrogen-bond donors (Lipinski definition) is 2. The van der Waals surface area contributed by atoms with Crippen LogP contribution in [0.4, 0.5) is 0 Å². The largest absolute Gasteiger partial charge is 0.472 e. The first-order chi connectivity index (χ1) is 45.8. The van der Waals surface area contributed by atoms with E-state index in [1.54, 1.807) is 0 Å². The van der Waals surface area contributed by atoms with Crippen molar-refractivity contribution in [3.05, 3.63) is 36.5 Å². The van der Waals surface area contributed by atoms with Crippen molar-refractivity contribution in [2.24, 2.45) is 5.73 Å². The molecule has 2 unspecified atom stereocenters. The van der Waals surface area contributed by atoms with Crippen LogP contribution in [-0.4, -0.2) is 49.3 Å². The fraction of sp³-hybridized carbons (Fsp3) is 0.904. The number of rotatable bonds is 80. The molecule has 0 aliphatic rings. The van der Waals surface area contributed by atoms with Crippen LogP contribution in [0.15, 0.2) is 36.5 Å². The zero-order valence-electron chi connectivity index (χ0n) is 62.3. The number of nitrogens with two attached hydrogens (primary N) is 1. The summed E-state index contributed by atoms with van der Waals surface area (Å²) in [6, 6.07) is 0. The Bertz CT molecular complexity index is 1620. The lowest BCUT2D eigenvalue weighted by molar-refractivity contribution is -0.161. The van der Waals surface area contributed by atoms with Crippen LogP contribution in [0.25, 0.3) is 0 Å². The first kappa shape index (κ1) is 91.2. The van der Waals surface area contributed by atoms with E-state index in [0.29, 0.717) is 6.42 Å². The van der Waals surface area contributed by atoms with Gasteiger partial charge in [0.25, 0.3) is 0 Å². The molecule has 0 rings (SSSR count). The molecule has 0 aliphatic carbocycles. The van der Waals surface area contributed by atoms with Gasteiger partial charge in [0.05, 0.1) is 13.2 Å². The predicted molar refractivity (Wildman–Crippen MR) is 404 cm³/mol. The second-order valence-electron chi connectivity index (χ2n) is 28.4. The molecule has 2 atom stereocenters. The zero-order chi connectivity index (χ0) is 67.2. The third kappa shape index (κ3) is 79.1. The molecule has 0 bridgehead atoms. The summed E-state index contributed by atoms with van der Waals surface area (Å²) in [4.78, 5) is 35.5. The number of allylic oxidation sites excluding steroid dienone is 6. The summed E-state index contributed by atoms with van der Waals surface area (Å²) in [6.45, 7) is 3.83. The van der Waals surface area contributed by atoms with Crippen molar-refractivity contribution in [2.45, 2.75) is 457 Å². The van der Waals surface area contributed by atoms with E-state index in [1.807, 2.05) is 0 Å². The average Bonchev–Trinajstić information content (AvgIpc) is 3.04. The quantitative estimate of drug-likeness (QED) is 0.0264. The highest BCUT2D eigenvalue weighted by atomic mass is 31.2. The van der Waals surface area contributed by atoms with Gasteiger partial charge < -0.3 is 20.1 Å². The first-order valence-corrected chi connectivity index (χ1v) is 43.0. The summed E-state index contributed by atoms with van der Waals surface area (Å²) in [5, 5.41) is 0. The van der Waals surface area contributed by atoms with Crippen molar-refractivity contribution >= 4 is 19.8 Å². The lowest BCUT2D eigenvalue weighted by Crippen LogP contribution is -2.29. The molecule has 3 N–H and O–H groups in total. The molecule has 0 spiro atoms. The van der Waals surface area contributed by atoms with Crippen molar-refractivity contribution in [2.75, 3.05) is 26.4 Å². The Morgan fingerprint density at radius 2 is 0.559 bits per heavy atom. The van der Waals surface area contributed by atoms with Crippen LogP contribution in [0.2, 0.25) is 0 Å². The second kappa shape index (κ2) is 79.2. The molecule has 0 aromatic heterocycles. The van der Waals surface area contributed by atoms with Gasteiger partial charge in [0.15, 0.2) is 6.10 Å². The summed E-state index contributed by atoms with van der Waals surface area (Å²) < 4.78 is 33.3. The van der Waals surface area contributed by atoms with Gasteiger partial charge in [0, 0.05) is 19.4 Å². The molecule has 0 heterocycles. The SMILES string of the molecule is CCCCCCC/C=C\C/C=C\C/C=C\CCCCCCCCCCCCCCCCCCCCCCCCC(=O)OC(COC(=O)CCCCCCCCCCCCCCCCCCCCCCCCCCCCCCCCCCCCC)COP(=O)(O)OCCN. The van der Waals surface area contributed by atoms with Crippen LogP contribution in [-0.2, 0) is 32.7 Å². The molecule has 0 amide bonds. The average molecular weight is 1330 g/mol. The Labute approximate surface area is 579 Å². The summed E-state index contributed by atoms with van der Waals surface area (Å²) in [7, 11) is -4.39. The number of unbranched alkanes of at least 4 members (excludes halogenated alkanes) is 61. The van der Waals surface area contributed by atoms with E-state index >= 15 is 0 Å². The molecular formula is C83H160NO8P. The van der Waals surface area contributed by atoms with Crippen molar-refractivity contribution in [3.8, 4) is 0 Å². The molecular weight excluding hydrogens is 1170 g/mol. The molecule has 0 aromatic carbocycles. The number of carbonyl (C=O) groups is 2. The van der Waals surface area contributed by atoms with Crippen molar-refractivity contribution in [1.29, 1.82) is 0 Å². The maximum Gasteiger partial charge on any atom is 0.472 e. The summed E-state index contributed by atoms with van der Waals surface area (Å²) in [5.41, 5.74) is 5.42. The third-order valence-corrected chi connectivity index (χ3v) is 20.0. The molecule has 93 heavy (non-hydrogen) atoms. The standard InChI is InChI=1S/C83H160NO8P/c1-3-5-7-9-11-13-15-17-19-21-23-25-27-29-31-33-35-37-39-40-42-44-46-48-50-52-54-56-58-60-62-64-66-68-70-72-74-76-83(86)92-81(80-91-93(87,88)90-78-77-84)79-89-82(85)75-73-71-69-67-65-63-61-59-57-55-53-51-49-47-45-43-41-38-36-34-32-30-28-26-24-22-20-18-16-14-12-10-8-6-4-2/h15,17,21,23,27,29,81H,3-14,16,18-20,22,24-26,28,30-80,84H2,1-2H3,(H,87,88)/b17-15-,23-21-,29-27-. The van der Waals surface area contributed by atoms with Crippen molar-refractivity contribution in [1.82, 2.24) is 0 Å². The number of esters is 2. The van der Waals surface area contributed by atoms with Crippen molar-refractivity contribution < 1.29 is 37.6 Å². The Morgan fingerprint density at radius 1 is 0.323 bits per heavy atom. The fourth-order valence-electron chi connectivity index (χ4n) is 12.9. The van der Waals surface area contributed by atoms with Gasteiger partial charge in [-0.1, -0.05) is 423 Å². The monoisotopic (exact) mass is 1330 g/mol.